The minimum atomic E-state index is -4.67. The Bertz CT molecular complexity index is 95.6. The maximum Gasteiger partial charge on any atom is 0.394 e. The van der Waals surface area contributed by atoms with Crippen molar-refractivity contribution < 1.29 is 39.7 Å². The van der Waals surface area contributed by atoms with Crippen LogP contribution in [0.25, 0.3) is 0 Å². The van der Waals surface area contributed by atoms with Crippen LogP contribution in [0.4, 0.5) is 0 Å². The van der Waals surface area contributed by atoms with Gasteiger partial charge in [-0.3, -0.25) is 9.11 Å². The number of aliphatic hydroxyl groups excluding tert-OH is 1. The molecule has 0 spiro atoms. The van der Waals surface area contributed by atoms with Crippen molar-refractivity contribution in [2.24, 2.45) is 0 Å². The summed E-state index contributed by atoms with van der Waals surface area (Å²) >= 11 is 0. The molecule has 5 nitrogen and oxygen atoms in total. The Morgan fingerprint density at radius 2 is 1.12 bits per heavy atom. The van der Waals surface area contributed by atoms with Crippen LogP contribution in [0, 0.1) is 0 Å². The number of hydrogen-bond acceptors (Lipinski definition) is 3. The van der Waals surface area contributed by atoms with Gasteiger partial charge in [-0.2, -0.15) is 8.42 Å². The van der Waals surface area contributed by atoms with Gasteiger partial charge in [-0.25, -0.2) is 0 Å². The molecule has 54 valence electrons. The van der Waals surface area contributed by atoms with Crippen LogP contribution in [-0.4, -0.2) is 29.7 Å². The van der Waals surface area contributed by atoms with E-state index in [1.165, 1.54) is 0 Å². The third-order valence-electron chi connectivity index (χ3n) is 0. The average molecular weight is 186 g/mol. The molecule has 0 unspecified atom stereocenters. The van der Waals surface area contributed by atoms with Gasteiger partial charge in [0.25, 0.3) is 0 Å². The summed E-state index contributed by atoms with van der Waals surface area (Å²) in [5.41, 5.74) is 0. The fourth-order valence-corrected chi connectivity index (χ4v) is 0. The third kappa shape index (κ3) is 1490. The van der Waals surface area contributed by atoms with Crippen LogP contribution in [0.15, 0.2) is 0 Å². The molecule has 0 bridgehead atoms. The Hall–Kier alpha value is 0.349. The molecule has 0 aromatic heterocycles. The molecule has 3 N–H and O–H groups in total. The first-order valence-corrected chi connectivity index (χ1v) is 2.54. The standard InChI is InChI=1S/CH4O.Fe.H2O4S/c1-2;;1-5(2,3)4/h2H,1H3;;(H2,1,2,3,4). The molecule has 0 saturated heterocycles. The molecule has 0 aliphatic rings. The average Bonchev–Trinajstić information content (AvgIpc) is 1.36. The molecule has 8 heavy (non-hydrogen) atoms. The first-order valence-electron chi connectivity index (χ1n) is 1.15. The molecule has 0 aromatic carbocycles. The fourth-order valence-electron chi connectivity index (χ4n) is 0. The zero-order valence-corrected chi connectivity index (χ0v) is 5.84. The first kappa shape index (κ1) is 15.8. The quantitative estimate of drug-likeness (QED) is 0.331. The monoisotopic (exact) mass is 186 g/mol. The molecule has 0 aromatic rings. The molecule has 0 amide bonds. The van der Waals surface area contributed by atoms with E-state index >= 15 is 0 Å². The molecule has 0 heterocycles. The van der Waals surface area contributed by atoms with Gasteiger partial charge in [0.1, 0.15) is 0 Å². The van der Waals surface area contributed by atoms with E-state index in [-0.39, 0.29) is 17.1 Å². The summed E-state index contributed by atoms with van der Waals surface area (Å²) in [4.78, 5) is 0. The van der Waals surface area contributed by atoms with Crippen molar-refractivity contribution in [2.45, 2.75) is 0 Å². The van der Waals surface area contributed by atoms with E-state index in [2.05, 4.69) is 0 Å². The van der Waals surface area contributed by atoms with Crippen LogP contribution in [0.3, 0.4) is 0 Å². The molecule has 0 atom stereocenters. The van der Waals surface area contributed by atoms with Crippen LogP contribution in [0.5, 0.6) is 0 Å². The maximum absolute atomic E-state index is 8.74. The Morgan fingerprint density at radius 1 is 1.12 bits per heavy atom. The van der Waals surface area contributed by atoms with Crippen LogP contribution in [0.1, 0.15) is 0 Å². The molecular weight excluding hydrogens is 180 g/mol. The van der Waals surface area contributed by atoms with E-state index in [0.29, 0.717) is 0 Å². The number of rotatable bonds is 0. The van der Waals surface area contributed by atoms with Crippen molar-refractivity contribution in [2.75, 3.05) is 7.11 Å². The predicted octanol–water partition coefficient (Wildman–Crippen LogP) is -1.05. The van der Waals surface area contributed by atoms with E-state index in [9.17, 15) is 0 Å². The maximum atomic E-state index is 8.74. The summed E-state index contributed by atoms with van der Waals surface area (Å²) in [6.07, 6.45) is 0. The first-order chi connectivity index (χ1) is 3.00. The molecule has 0 radical (unpaired) electrons. The van der Waals surface area contributed by atoms with Gasteiger partial charge in [0.2, 0.25) is 0 Å². The molecule has 0 rings (SSSR count). The van der Waals surface area contributed by atoms with Crippen molar-refractivity contribution in [3.05, 3.63) is 0 Å². The fraction of sp³-hybridized carbons (Fsp3) is 1.00. The topological polar surface area (TPSA) is 94.8 Å². The minimum Gasteiger partial charge on any atom is -0.400 e. The van der Waals surface area contributed by atoms with Gasteiger partial charge in [-0.15, -0.1) is 0 Å². The van der Waals surface area contributed by atoms with E-state index in [1.807, 2.05) is 0 Å². The van der Waals surface area contributed by atoms with E-state index in [4.69, 9.17) is 22.6 Å². The zero-order chi connectivity index (χ0) is 6.50. The van der Waals surface area contributed by atoms with Gasteiger partial charge in [-0.1, -0.05) is 0 Å². The van der Waals surface area contributed by atoms with Crippen molar-refractivity contribution in [1.82, 2.24) is 0 Å². The van der Waals surface area contributed by atoms with E-state index in [0.717, 1.165) is 7.11 Å². The molecule has 0 fully saturated rings. The SMILES string of the molecule is CO.O=S(=O)(O)O.[Fe]. The van der Waals surface area contributed by atoms with Crippen molar-refractivity contribution in [3.63, 3.8) is 0 Å². The summed E-state index contributed by atoms with van der Waals surface area (Å²) < 4.78 is 31.6. The van der Waals surface area contributed by atoms with Crippen LogP contribution in [-0.2, 0) is 27.5 Å². The Kier molecular flexibility index (Phi) is 14.5. The largest absolute Gasteiger partial charge is 0.400 e. The van der Waals surface area contributed by atoms with Gasteiger partial charge in [0, 0.05) is 24.2 Å². The second-order valence-electron chi connectivity index (χ2n) is 0.448. The summed E-state index contributed by atoms with van der Waals surface area (Å²) in [6, 6.07) is 0. The van der Waals surface area contributed by atoms with Gasteiger partial charge >= 0.3 is 10.4 Å². The third-order valence-corrected chi connectivity index (χ3v) is 0. The molecular formula is CH6FeO5S. The normalized spacial score (nSPS) is 8.00. The summed E-state index contributed by atoms with van der Waals surface area (Å²) in [5.74, 6) is 0. The zero-order valence-electron chi connectivity index (χ0n) is 3.92. The van der Waals surface area contributed by atoms with E-state index < -0.39 is 10.4 Å². The molecule has 0 saturated carbocycles. The van der Waals surface area contributed by atoms with Crippen LogP contribution >= 0.6 is 0 Å². The summed E-state index contributed by atoms with van der Waals surface area (Å²) in [7, 11) is -3.67. The molecule has 0 aliphatic carbocycles. The van der Waals surface area contributed by atoms with Crippen molar-refractivity contribution >= 4 is 10.4 Å². The van der Waals surface area contributed by atoms with Gasteiger partial charge in [-0.05, 0) is 0 Å². The number of hydrogen-bond donors (Lipinski definition) is 3. The van der Waals surface area contributed by atoms with Crippen LogP contribution < -0.4 is 0 Å². The van der Waals surface area contributed by atoms with Crippen molar-refractivity contribution in [3.8, 4) is 0 Å². The Morgan fingerprint density at radius 3 is 1.12 bits per heavy atom. The van der Waals surface area contributed by atoms with E-state index in [1.54, 1.807) is 0 Å². The Labute approximate surface area is 57.8 Å². The second kappa shape index (κ2) is 7.35. The van der Waals surface area contributed by atoms with Gasteiger partial charge < -0.3 is 5.11 Å². The van der Waals surface area contributed by atoms with Gasteiger partial charge in [0.05, 0.1) is 0 Å². The Balaban J connectivity index is -0.0000000750. The summed E-state index contributed by atoms with van der Waals surface area (Å²) in [5, 5.41) is 7.00. The predicted molar refractivity (Wildman–Crippen MR) is 22.3 cm³/mol. The van der Waals surface area contributed by atoms with Gasteiger partial charge in [0.15, 0.2) is 0 Å². The van der Waals surface area contributed by atoms with Crippen molar-refractivity contribution in [1.29, 1.82) is 0 Å². The summed E-state index contributed by atoms with van der Waals surface area (Å²) in [6.45, 7) is 0. The smallest absolute Gasteiger partial charge is 0.394 e. The van der Waals surface area contributed by atoms with Crippen LogP contribution in [0.2, 0.25) is 0 Å². The second-order valence-corrected chi connectivity index (χ2v) is 1.34. The minimum absolute atomic E-state index is 0. The number of aliphatic hydroxyl groups is 1. The molecule has 0 aliphatic heterocycles. The molecule has 7 heteroatoms.